The largest absolute Gasteiger partial charge is 0.507 e. The van der Waals surface area contributed by atoms with Crippen molar-refractivity contribution in [2.24, 2.45) is 17.8 Å². The maximum absolute atomic E-state index is 13.8. The van der Waals surface area contributed by atoms with Gasteiger partial charge in [0.05, 0.1) is 45.2 Å². The van der Waals surface area contributed by atoms with Gasteiger partial charge in [-0.15, -0.1) is 0 Å². The first-order valence-corrected chi connectivity index (χ1v) is 41.3. The summed E-state index contributed by atoms with van der Waals surface area (Å²) in [6.45, 7) is 18.8. The van der Waals surface area contributed by atoms with E-state index >= 15 is 0 Å². The van der Waals surface area contributed by atoms with E-state index in [1.165, 1.54) is 44.6 Å². The highest BCUT2D eigenvalue weighted by atomic mass is 16.8. The molecule has 12 rings (SSSR count). The number of aliphatic hydroxyl groups excluding tert-OH is 3. The van der Waals surface area contributed by atoms with Gasteiger partial charge in [0.1, 0.15) is 137 Å². The van der Waals surface area contributed by atoms with E-state index in [0.717, 1.165) is 33.9 Å². The number of hydrogen-bond acceptors (Lipinski definition) is 27. The van der Waals surface area contributed by atoms with Crippen LogP contribution < -0.4 is 37.9 Å². The van der Waals surface area contributed by atoms with Gasteiger partial charge in [0.15, 0.2) is 30.9 Å². The number of aromatic hydroxyl groups is 1. The minimum absolute atomic E-state index is 0.0516. The third-order valence-electron chi connectivity index (χ3n) is 21.2. The Balaban J connectivity index is 0.000000199. The first kappa shape index (κ1) is 95.6. The maximum Gasteiger partial charge on any atom is 0.342 e. The van der Waals surface area contributed by atoms with E-state index in [9.17, 15) is 44.4 Å². The first-order valence-electron chi connectivity index (χ1n) is 41.3. The normalized spacial score (nSPS) is 25.7. The molecule has 2 fully saturated rings. The molecule has 5 unspecified atom stereocenters. The fourth-order valence-electron chi connectivity index (χ4n) is 13.7. The first-order chi connectivity index (χ1) is 59.8. The lowest BCUT2D eigenvalue weighted by atomic mass is 9.98. The van der Waals surface area contributed by atoms with Crippen molar-refractivity contribution in [3.05, 3.63) is 250 Å². The van der Waals surface area contributed by atoms with Crippen LogP contribution in [0.5, 0.6) is 51.7 Å². The predicted octanol–water partition coefficient (Wildman–Crippen LogP) is 15.9. The second kappa shape index (κ2) is 45.3. The lowest BCUT2D eigenvalue weighted by molar-refractivity contribution is -0.153. The number of carbonyl (C=O) groups excluding carboxylic acids is 5. The molecule has 27 nitrogen and oxygen atoms in total. The van der Waals surface area contributed by atoms with Gasteiger partial charge in [-0.25, -0.2) is 19.2 Å². The van der Waals surface area contributed by atoms with Crippen molar-refractivity contribution in [2.75, 3.05) is 49.1 Å². The Hall–Kier alpha value is -11.6. The van der Waals surface area contributed by atoms with Crippen molar-refractivity contribution in [1.29, 1.82) is 0 Å². The summed E-state index contributed by atoms with van der Waals surface area (Å²) in [4.78, 5) is 65.7. The van der Waals surface area contributed by atoms with Crippen LogP contribution in [0.25, 0.3) is 18.2 Å². The molecule has 14 atom stereocenters. The number of rotatable bonds is 20. The highest BCUT2D eigenvalue weighted by Gasteiger charge is 2.47. The van der Waals surface area contributed by atoms with Crippen LogP contribution in [0.3, 0.4) is 0 Å². The zero-order chi connectivity index (χ0) is 90.1. The maximum atomic E-state index is 13.8. The van der Waals surface area contributed by atoms with Crippen LogP contribution in [-0.2, 0) is 72.0 Å². The Morgan fingerprint density at radius 2 is 0.816 bits per heavy atom. The average molecular weight is 1720 g/mol. The van der Waals surface area contributed by atoms with Crippen LogP contribution in [0.15, 0.2) is 194 Å². The summed E-state index contributed by atoms with van der Waals surface area (Å²) >= 11 is 0. The number of cyclic esters (lactones) is 3. The second-order valence-electron chi connectivity index (χ2n) is 31.6. The molecule has 0 aliphatic carbocycles. The summed E-state index contributed by atoms with van der Waals surface area (Å²) in [7, 11) is 7.83. The molecule has 5 aliphatic heterocycles. The number of phenols is 1. The van der Waals surface area contributed by atoms with Crippen LogP contribution in [0.2, 0.25) is 0 Å². The lowest BCUT2D eigenvalue weighted by Gasteiger charge is -2.25. The molecule has 7 aromatic carbocycles. The molecule has 668 valence electrons. The van der Waals surface area contributed by atoms with E-state index in [1.807, 2.05) is 159 Å². The number of methoxy groups -OCH3 is 5. The number of esters is 4. The molecule has 0 radical (unpaired) electrons. The van der Waals surface area contributed by atoms with Crippen LogP contribution >= 0.6 is 0 Å². The predicted molar refractivity (Wildman–Crippen MR) is 465 cm³/mol. The number of fused-ring (bicyclic) bond motifs is 5. The second-order valence-corrected chi connectivity index (χ2v) is 31.6. The molecule has 5 aliphatic rings. The van der Waals surface area contributed by atoms with E-state index in [-0.39, 0.29) is 84.9 Å². The summed E-state index contributed by atoms with van der Waals surface area (Å²) in [5.74, 6) is -1.79. The van der Waals surface area contributed by atoms with Crippen molar-refractivity contribution in [1.82, 2.24) is 0 Å². The van der Waals surface area contributed by atoms with Gasteiger partial charge in [0.2, 0.25) is 0 Å². The molecule has 0 saturated carbocycles. The fraction of sp³-hybridized carbons (Fsp3) is 0.398. The third kappa shape index (κ3) is 27.2. The van der Waals surface area contributed by atoms with Gasteiger partial charge in [-0.2, -0.15) is 0 Å². The monoisotopic (exact) mass is 1720 g/mol. The Labute approximate surface area is 729 Å². The Bertz CT molecular complexity index is 4930. The molecule has 125 heavy (non-hydrogen) atoms. The van der Waals surface area contributed by atoms with Gasteiger partial charge in [-0.05, 0) is 180 Å². The SMILES string of the molecule is COCOc1cc(OCc2ccc(OC)cc2)cc2c1C(=O)O[C@@H](C)[C@H](C)/C=C\C(O)C1OC(C)(C)O[C@H]1C/C=C/2.COCOc1cc(OCc2ccc(OC)cc2)cc2c1C(=O)O[C@@H](C)[C@H](C)/C=C\C(OC(=O)c1ccccc1)C1OC(C)(C)O[C@H]1C/C=C/2.COc1ccc(COc2cc(O)c3c(c2)/C=C/C[C@H](O)C(O)C(=O)/C=C\[C@@H](C)[C@H](C)OC3=O)cc1. The molecule has 5 heterocycles. The topological polar surface area (TPSA) is 332 Å². The lowest BCUT2D eigenvalue weighted by Crippen LogP contribution is -2.37. The minimum atomic E-state index is -1.59. The van der Waals surface area contributed by atoms with E-state index in [4.69, 9.17) is 85.3 Å². The molecule has 27 heteroatoms. The minimum Gasteiger partial charge on any atom is -0.507 e. The quantitative estimate of drug-likeness (QED) is 0.0238. The fourth-order valence-corrected chi connectivity index (χ4v) is 13.7. The molecule has 0 aromatic heterocycles. The molecule has 2 saturated heterocycles. The zero-order valence-electron chi connectivity index (χ0n) is 73.1. The summed E-state index contributed by atoms with van der Waals surface area (Å²) in [5.41, 5.74) is 5.00. The van der Waals surface area contributed by atoms with Crippen molar-refractivity contribution in [3.8, 4) is 51.7 Å². The van der Waals surface area contributed by atoms with Gasteiger partial charge in [-0.1, -0.05) is 136 Å². The number of ketones is 1. The summed E-state index contributed by atoms with van der Waals surface area (Å²) < 4.78 is 104. The van der Waals surface area contributed by atoms with Gasteiger partial charge >= 0.3 is 23.9 Å². The van der Waals surface area contributed by atoms with Crippen molar-refractivity contribution < 1.29 is 130 Å². The van der Waals surface area contributed by atoms with Crippen LogP contribution in [-0.4, -0.2) is 178 Å². The molecule has 0 spiro atoms. The molecule has 4 N–H and O–H groups in total. The molecular weight excluding hydrogens is 1610 g/mol. The van der Waals surface area contributed by atoms with E-state index in [0.29, 0.717) is 59.0 Å². The van der Waals surface area contributed by atoms with E-state index in [1.54, 1.807) is 114 Å². The number of hydrogen-bond donors (Lipinski definition) is 4. The van der Waals surface area contributed by atoms with Gasteiger partial charge in [0, 0.05) is 50.2 Å². The summed E-state index contributed by atoms with van der Waals surface area (Å²) in [6, 6.07) is 41.0. The summed E-state index contributed by atoms with van der Waals surface area (Å²) in [5, 5.41) is 41.9. The number of benzene rings is 7. The highest BCUT2D eigenvalue weighted by Crippen LogP contribution is 2.40. The van der Waals surface area contributed by atoms with Crippen LogP contribution in [0.1, 0.15) is 163 Å². The number of carbonyl (C=O) groups is 5. The Morgan fingerprint density at radius 1 is 0.424 bits per heavy atom. The van der Waals surface area contributed by atoms with E-state index in [2.05, 4.69) is 0 Å². The van der Waals surface area contributed by atoms with Gasteiger partial charge < -0.3 is 106 Å². The highest BCUT2D eigenvalue weighted by molar-refractivity contribution is 5.99. The van der Waals surface area contributed by atoms with Crippen molar-refractivity contribution >= 4 is 47.9 Å². The number of ether oxygens (including phenoxy) is 18. The van der Waals surface area contributed by atoms with Crippen LogP contribution in [0, 0.1) is 17.8 Å². The van der Waals surface area contributed by atoms with Crippen LogP contribution in [0.4, 0.5) is 0 Å². The third-order valence-corrected chi connectivity index (χ3v) is 21.2. The van der Waals surface area contributed by atoms with Gasteiger partial charge in [-0.3, -0.25) is 4.79 Å². The molecule has 0 amide bonds. The number of aliphatic hydroxyl groups is 3. The Kier molecular flexibility index (Phi) is 34.7. The van der Waals surface area contributed by atoms with Crippen molar-refractivity contribution in [2.45, 2.75) is 187 Å². The molecular formula is C98H114O27. The van der Waals surface area contributed by atoms with Gasteiger partial charge in [0.25, 0.3) is 0 Å². The van der Waals surface area contributed by atoms with Crippen molar-refractivity contribution in [3.63, 3.8) is 0 Å². The number of phenolic OH excluding ortho intramolecular Hbond substituents is 1. The standard InChI is InChI=1S/C39H44O10.C32H40O9.C27H30O8/c1-25-15-20-32(47-37(40)28-11-8-7-9-12-28)36-33(48-39(3,4)49-36)14-10-13-29-21-31(44-23-27-16-18-30(43-6)19-17-27)22-34(45-24-42-5)35(29)38(41)46-26(25)2;1-20-10-15-26(33)30-27(40-32(3,4)41-30)9-7-8-23-16-25(37-18-22-11-13-24(36-6)14-12-22)17-28(38-19-35-5)29(23)31(34)39-21(20)2;1-16-7-12-23(29)26(31)22(28)6-4-5-19-13-21(14-24(30)25(19)27(32)35-17(16)2)34-15-18-8-10-20(33-3)11-9-18/h7-13,15-22,25-26,32-33,36H,14,23-24H2,1-6H3;7-8,10-17,20-21,26-27,30,33H,9,18-19H2,1-6H3;4-5,7-14,16-17,22,26,28,30-31H,6,15H2,1-3H3/b13-10+,20-15-;8-7+,15-10-;5-4+,12-7-/t25-,26+,32?,33+,36?;20-,21+,26?,27+,30?;16-,17+,22+,26?/m111/s1. The molecule has 7 aromatic rings. The average Bonchev–Trinajstić information content (AvgIpc) is 1.77. The zero-order valence-corrected chi connectivity index (χ0v) is 73.1. The Morgan fingerprint density at radius 3 is 1.26 bits per heavy atom. The smallest absolute Gasteiger partial charge is 0.342 e. The van der Waals surface area contributed by atoms with E-state index < -0.39 is 108 Å². The molecule has 0 bridgehead atoms. The summed E-state index contributed by atoms with van der Waals surface area (Å²) in [6.07, 6.45) is 12.7.